The summed E-state index contributed by atoms with van der Waals surface area (Å²) in [6.45, 7) is 10.6. The lowest BCUT2D eigenvalue weighted by atomic mass is 9.90. The third-order valence-corrected chi connectivity index (χ3v) is 9.16. The second-order valence-electron chi connectivity index (χ2n) is 13.2. The van der Waals surface area contributed by atoms with Gasteiger partial charge in [-0.25, -0.2) is 22.2 Å². The molecule has 1 saturated heterocycles. The second-order valence-corrected chi connectivity index (χ2v) is 13.2. The fraction of sp³-hybridized carbons (Fsp3) is 0.500. The molecule has 0 radical (unpaired) electrons. The molecule has 0 aliphatic carbocycles. The zero-order valence-electron chi connectivity index (χ0n) is 28.3. The Kier molecular flexibility index (Phi) is 11.5. The topological polar surface area (TPSA) is 105 Å². The number of carbonyl (C=O) groups is 2. The van der Waals surface area contributed by atoms with E-state index in [1.54, 1.807) is 37.8 Å². The molecule has 1 amide bonds. The summed E-state index contributed by atoms with van der Waals surface area (Å²) in [7, 11) is 0. The molecule has 0 spiro atoms. The number of aromatic nitrogens is 2. The molecule has 2 N–H and O–H groups in total. The number of hydrogen-bond donors (Lipinski definition) is 2. The molecule has 12 heteroatoms. The van der Waals surface area contributed by atoms with Crippen molar-refractivity contribution in [2.75, 3.05) is 19.6 Å². The zero-order chi connectivity index (χ0) is 35.5. The van der Waals surface area contributed by atoms with Gasteiger partial charge in [0.25, 0.3) is 11.5 Å². The Balaban J connectivity index is 1.72. The molecule has 260 valence electrons. The highest BCUT2D eigenvalue weighted by atomic mass is 19.3. The number of rotatable bonds is 13. The fourth-order valence-electron chi connectivity index (χ4n) is 6.42. The summed E-state index contributed by atoms with van der Waals surface area (Å²) >= 11 is 0. The zero-order valence-corrected chi connectivity index (χ0v) is 28.3. The van der Waals surface area contributed by atoms with Gasteiger partial charge in [-0.1, -0.05) is 20.3 Å². The van der Waals surface area contributed by atoms with Crippen LogP contribution in [-0.2, 0) is 16.0 Å². The average molecular weight is 673 g/mol. The number of carboxylic acids is 1. The molecule has 2 aromatic carbocycles. The van der Waals surface area contributed by atoms with Gasteiger partial charge in [-0.3, -0.25) is 19.3 Å². The van der Waals surface area contributed by atoms with Crippen molar-refractivity contribution in [1.82, 2.24) is 20.0 Å². The third kappa shape index (κ3) is 8.69. The van der Waals surface area contributed by atoms with Crippen molar-refractivity contribution in [3.8, 4) is 11.1 Å². The first kappa shape index (κ1) is 36.8. The van der Waals surface area contributed by atoms with Gasteiger partial charge in [-0.15, -0.1) is 0 Å². The molecule has 2 heterocycles. The van der Waals surface area contributed by atoms with Gasteiger partial charge in [0.05, 0.1) is 24.7 Å². The molecule has 4 rings (SSSR count). The third-order valence-electron chi connectivity index (χ3n) is 9.16. The number of likely N-dealkylation sites (tertiary alicyclic amines) is 1. The Morgan fingerprint density at radius 2 is 1.69 bits per heavy atom. The maximum Gasteiger partial charge on any atom is 0.305 e. The van der Waals surface area contributed by atoms with Gasteiger partial charge in [0.2, 0.25) is 5.91 Å². The number of carboxylic acid groups (broad SMARTS) is 1. The quantitative estimate of drug-likeness (QED) is 0.198. The number of hydrogen-bond acceptors (Lipinski definition) is 5. The molecule has 1 fully saturated rings. The predicted octanol–water partition coefficient (Wildman–Crippen LogP) is 6.62. The van der Waals surface area contributed by atoms with Crippen molar-refractivity contribution in [1.29, 1.82) is 0 Å². The van der Waals surface area contributed by atoms with E-state index < -0.39 is 53.5 Å². The number of amides is 1. The van der Waals surface area contributed by atoms with Gasteiger partial charge in [0.15, 0.2) is 0 Å². The van der Waals surface area contributed by atoms with Crippen LogP contribution in [0.25, 0.3) is 11.1 Å². The van der Waals surface area contributed by atoms with E-state index in [1.165, 1.54) is 25.1 Å². The molecule has 1 aliphatic rings. The van der Waals surface area contributed by atoms with E-state index in [-0.39, 0.29) is 49.4 Å². The lowest BCUT2D eigenvalue weighted by Gasteiger charge is -2.26. The number of alkyl halides is 2. The largest absolute Gasteiger partial charge is 0.481 e. The van der Waals surface area contributed by atoms with Crippen LogP contribution >= 0.6 is 0 Å². The van der Waals surface area contributed by atoms with Crippen LogP contribution in [0.15, 0.2) is 35.1 Å². The predicted molar refractivity (Wildman–Crippen MR) is 175 cm³/mol. The van der Waals surface area contributed by atoms with E-state index >= 15 is 4.39 Å². The Morgan fingerprint density at radius 3 is 2.27 bits per heavy atom. The number of aliphatic carboxylic acids is 1. The monoisotopic (exact) mass is 672 g/mol. The van der Waals surface area contributed by atoms with Crippen LogP contribution in [0, 0.1) is 45.2 Å². The summed E-state index contributed by atoms with van der Waals surface area (Å²) in [6, 6.07) is 4.90. The first-order chi connectivity index (χ1) is 22.5. The first-order valence-corrected chi connectivity index (χ1v) is 16.3. The Hall–Kier alpha value is -4.06. The first-order valence-electron chi connectivity index (χ1n) is 16.3. The Labute approximate surface area is 278 Å². The van der Waals surface area contributed by atoms with E-state index in [9.17, 15) is 32.7 Å². The van der Waals surface area contributed by atoms with Crippen molar-refractivity contribution >= 4 is 11.9 Å². The summed E-state index contributed by atoms with van der Waals surface area (Å²) in [6.07, 6.45) is 0.261. The fourth-order valence-corrected chi connectivity index (χ4v) is 6.42. The highest BCUT2D eigenvalue weighted by Gasteiger charge is 2.38. The molecule has 3 atom stereocenters. The van der Waals surface area contributed by atoms with E-state index in [4.69, 9.17) is 0 Å². The van der Waals surface area contributed by atoms with Crippen LogP contribution in [0.4, 0.5) is 17.6 Å². The van der Waals surface area contributed by atoms with Crippen LogP contribution in [-0.4, -0.2) is 57.2 Å². The van der Waals surface area contributed by atoms with Crippen molar-refractivity contribution in [3.05, 3.63) is 85.8 Å². The number of benzene rings is 2. The standard InChI is InChI=1S/C36H44F4N4O4/c1-7-20(2)12-30(44-35(48)24(6)16-27(42-44)8-10-43-11-9-36(39,40)19-43)34(47)41-29(18-31(45)46)28-17-25(13-23(5)33(28)38)32-21(3)14-26(37)15-22(32)4/h13-17,20,29-30H,7-12,18-19H2,1-6H3,(H,41,47)(H,45,46). The molecule has 3 aromatic rings. The van der Waals surface area contributed by atoms with Crippen molar-refractivity contribution in [2.24, 2.45) is 5.92 Å². The second kappa shape index (κ2) is 15.0. The van der Waals surface area contributed by atoms with Crippen molar-refractivity contribution < 1.29 is 32.3 Å². The summed E-state index contributed by atoms with van der Waals surface area (Å²) in [5, 5.41) is 17.0. The van der Waals surface area contributed by atoms with E-state index in [2.05, 4.69) is 10.4 Å². The normalized spacial score (nSPS) is 16.5. The highest BCUT2D eigenvalue weighted by Crippen LogP contribution is 2.34. The lowest BCUT2D eigenvalue weighted by molar-refractivity contribution is -0.138. The number of nitrogens with one attached hydrogen (secondary N) is 1. The molecule has 3 unspecified atom stereocenters. The molecular formula is C36H44F4N4O4. The summed E-state index contributed by atoms with van der Waals surface area (Å²) < 4.78 is 58.5. The SMILES string of the molecule is CCC(C)CC(C(=O)NC(CC(=O)O)c1cc(-c2c(C)cc(F)cc2C)cc(C)c1F)n1nc(CCN2CCC(F)(F)C2)cc(C)c1=O. The minimum atomic E-state index is -2.75. The smallest absolute Gasteiger partial charge is 0.305 e. The molecular weight excluding hydrogens is 628 g/mol. The number of nitrogens with zero attached hydrogens (tertiary/aromatic N) is 3. The number of carbonyl (C=O) groups excluding carboxylic acids is 1. The van der Waals surface area contributed by atoms with Gasteiger partial charge < -0.3 is 10.4 Å². The summed E-state index contributed by atoms with van der Waals surface area (Å²) in [5.74, 6) is -5.89. The lowest BCUT2D eigenvalue weighted by Crippen LogP contribution is -2.42. The van der Waals surface area contributed by atoms with Crippen molar-refractivity contribution in [3.63, 3.8) is 0 Å². The van der Waals surface area contributed by atoms with Crippen molar-refractivity contribution in [2.45, 2.75) is 91.7 Å². The maximum absolute atomic E-state index is 15.8. The van der Waals surface area contributed by atoms with Gasteiger partial charge in [-0.2, -0.15) is 5.10 Å². The molecule has 1 aromatic heterocycles. The van der Waals surface area contributed by atoms with E-state index in [0.29, 0.717) is 46.5 Å². The van der Waals surface area contributed by atoms with E-state index in [0.717, 1.165) is 4.68 Å². The number of aryl methyl sites for hydroxylation is 4. The molecule has 0 saturated carbocycles. The Morgan fingerprint density at radius 1 is 1.02 bits per heavy atom. The molecule has 0 bridgehead atoms. The summed E-state index contributed by atoms with van der Waals surface area (Å²) in [5.41, 5.74) is 2.82. The molecule has 8 nitrogen and oxygen atoms in total. The van der Waals surface area contributed by atoms with Crippen LogP contribution in [0.1, 0.15) is 85.1 Å². The Bertz CT molecular complexity index is 1720. The molecule has 1 aliphatic heterocycles. The molecule has 48 heavy (non-hydrogen) atoms. The van der Waals surface area contributed by atoms with Gasteiger partial charge in [0, 0.05) is 37.1 Å². The van der Waals surface area contributed by atoms with E-state index in [1.807, 2.05) is 13.8 Å². The minimum absolute atomic E-state index is 0.0464. The van der Waals surface area contributed by atoms with Crippen LogP contribution in [0.2, 0.25) is 0 Å². The van der Waals surface area contributed by atoms with Gasteiger partial charge in [-0.05, 0) is 98.2 Å². The van der Waals surface area contributed by atoms with Gasteiger partial charge >= 0.3 is 5.97 Å². The van der Waals surface area contributed by atoms with Crippen LogP contribution < -0.4 is 10.9 Å². The number of halogens is 4. The van der Waals surface area contributed by atoms with Crippen LogP contribution in [0.3, 0.4) is 0 Å². The van der Waals surface area contributed by atoms with Crippen LogP contribution in [0.5, 0.6) is 0 Å². The minimum Gasteiger partial charge on any atom is -0.481 e. The average Bonchev–Trinajstić information content (AvgIpc) is 3.35. The van der Waals surface area contributed by atoms with Gasteiger partial charge in [0.1, 0.15) is 17.7 Å². The summed E-state index contributed by atoms with van der Waals surface area (Å²) in [4.78, 5) is 41.2. The maximum atomic E-state index is 15.8. The highest BCUT2D eigenvalue weighted by molar-refractivity contribution is 5.82.